The van der Waals surface area contributed by atoms with Crippen LogP contribution in [0.3, 0.4) is 0 Å². The van der Waals surface area contributed by atoms with E-state index >= 15 is 0 Å². The molecule has 1 aliphatic carbocycles. The smallest absolute Gasteiger partial charge is 0.0783 e. The molecule has 1 nitrogen and oxygen atoms in total. The van der Waals surface area contributed by atoms with Crippen LogP contribution in [-0.2, 0) is 4.74 Å². The Morgan fingerprint density at radius 1 is 1.11 bits per heavy atom. The van der Waals surface area contributed by atoms with Gasteiger partial charge in [0.25, 0.3) is 0 Å². The minimum Gasteiger partial charge on any atom is -0.374 e. The molecule has 1 saturated carbocycles. The zero-order valence-corrected chi connectivity index (χ0v) is 12.8. The molecule has 2 heterocycles. The van der Waals surface area contributed by atoms with Crippen LogP contribution in [0.2, 0.25) is 0 Å². The lowest BCUT2D eigenvalue weighted by atomic mass is 9.75. The summed E-state index contributed by atoms with van der Waals surface area (Å²) in [6, 6.07) is 0. The lowest BCUT2D eigenvalue weighted by molar-refractivity contribution is -0.0901. The minimum absolute atomic E-state index is 0.252. The Morgan fingerprint density at radius 2 is 2.00 bits per heavy atom. The van der Waals surface area contributed by atoms with E-state index in [9.17, 15) is 0 Å². The third-order valence-electron chi connectivity index (χ3n) is 5.17. The second-order valence-corrected chi connectivity index (χ2v) is 8.19. The number of halogens is 1. The molecule has 2 saturated heterocycles. The highest BCUT2D eigenvalue weighted by atomic mass is 35.5. The Morgan fingerprint density at radius 3 is 2.83 bits per heavy atom. The molecule has 2 aliphatic heterocycles. The second-order valence-electron chi connectivity index (χ2n) is 6.46. The van der Waals surface area contributed by atoms with Crippen molar-refractivity contribution in [3.63, 3.8) is 0 Å². The predicted octanol–water partition coefficient (Wildman–Crippen LogP) is 4.48. The summed E-state index contributed by atoms with van der Waals surface area (Å²) in [7, 11) is 0. The van der Waals surface area contributed by atoms with Crippen LogP contribution in [0.5, 0.6) is 0 Å². The highest BCUT2D eigenvalue weighted by molar-refractivity contribution is 7.99. The number of rotatable bonds is 1. The summed E-state index contributed by atoms with van der Waals surface area (Å²) < 4.78 is 6.15. The van der Waals surface area contributed by atoms with Gasteiger partial charge in [-0.25, -0.2) is 0 Å². The van der Waals surface area contributed by atoms with Crippen molar-refractivity contribution >= 4 is 23.4 Å². The normalized spacial score (nSPS) is 46.2. The van der Waals surface area contributed by atoms with Gasteiger partial charge in [-0.05, 0) is 49.7 Å². The quantitative estimate of drug-likeness (QED) is 0.520. The Balaban J connectivity index is 1.63. The molecule has 3 heteroatoms. The molecule has 0 radical (unpaired) electrons. The van der Waals surface area contributed by atoms with Gasteiger partial charge in [-0.2, -0.15) is 11.8 Å². The fourth-order valence-corrected chi connectivity index (χ4v) is 5.86. The van der Waals surface area contributed by atoms with Crippen LogP contribution < -0.4 is 0 Å². The van der Waals surface area contributed by atoms with Crippen molar-refractivity contribution in [3.05, 3.63) is 0 Å². The molecule has 0 aromatic rings. The summed E-state index contributed by atoms with van der Waals surface area (Å²) in [5.41, 5.74) is 0.252. The van der Waals surface area contributed by atoms with E-state index < -0.39 is 0 Å². The maximum atomic E-state index is 6.45. The van der Waals surface area contributed by atoms with E-state index in [0.29, 0.717) is 5.38 Å². The molecule has 0 aromatic heterocycles. The summed E-state index contributed by atoms with van der Waals surface area (Å²) >= 11 is 8.53. The Kier molecular flexibility index (Phi) is 4.47. The van der Waals surface area contributed by atoms with Crippen LogP contribution in [-0.4, -0.2) is 29.1 Å². The second kappa shape index (κ2) is 5.93. The summed E-state index contributed by atoms with van der Waals surface area (Å²) in [4.78, 5) is 0. The molecule has 18 heavy (non-hydrogen) atoms. The Hall–Kier alpha value is 0.600. The third kappa shape index (κ3) is 3.02. The highest BCUT2D eigenvalue weighted by Crippen LogP contribution is 2.45. The molecule has 4 atom stereocenters. The van der Waals surface area contributed by atoms with E-state index in [0.717, 1.165) is 18.4 Å². The van der Waals surface area contributed by atoms with Gasteiger partial charge >= 0.3 is 0 Å². The van der Waals surface area contributed by atoms with Gasteiger partial charge in [0.05, 0.1) is 5.60 Å². The molecule has 0 aromatic carbocycles. The van der Waals surface area contributed by atoms with Gasteiger partial charge in [-0.3, -0.25) is 0 Å². The van der Waals surface area contributed by atoms with Gasteiger partial charge in [0, 0.05) is 17.7 Å². The van der Waals surface area contributed by atoms with Crippen LogP contribution in [0, 0.1) is 11.8 Å². The lowest BCUT2D eigenvalue weighted by Gasteiger charge is -2.41. The number of thioether (sulfide) groups is 1. The van der Waals surface area contributed by atoms with Crippen LogP contribution in [0.15, 0.2) is 0 Å². The largest absolute Gasteiger partial charge is 0.374 e. The van der Waals surface area contributed by atoms with Gasteiger partial charge in [0.15, 0.2) is 0 Å². The molecule has 0 bridgehead atoms. The number of hydrogen-bond acceptors (Lipinski definition) is 2. The fraction of sp³-hybridized carbons (Fsp3) is 1.00. The molecular weight excluding hydrogens is 264 g/mol. The van der Waals surface area contributed by atoms with E-state index in [-0.39, 0.29) is 5.60 Å². The molecule has 104 valence electrons. The Labute approximate surface area is 120 Å². The van der Waals surface area contributed by atoms with Crippen molar-refractivity contribution < 1.29 is 4.74 Å². The van der Waals surface area contributed by atoms with Gasteiger partial charge in [0.2, 0.25) is 0 Å². The zero-order chi connectivity index (χ0) is 12.4. The summed E-state index contributed by atoms with van der Waals surface area (Å²) in [5.74, 6) is 4.30. The molecule has 4 unspecified atom stereocenters. The molecule has 0 N–H and O–H groups in total. The first-order valence-electron chi connectivity index (χ1n) is 7.63. The van der Waals surface area contributed by atoms with Crippen molar-refractivity contribution in [2.75, 3.05) is 18.1 Å². The number of hydrogen-bond donors (Lipinski definition) is 0. The summed E-state index contributed by atoms with van der Waals surface area (Å²) in [5, 5.41) is 0.439. The maximum Gasteiger partial charge on any atom is 0.0783 e. The molecular formula is C15H25ClOS. The summed E-state index contributed by atoms with van der Waals surface area (Å²) in [6.45, 7) is 0.995. The van der Waals surface area contributed by atoms with Crippen LogP contribution in [0.25, 0.3) is 0 Å². The number of alkyl halides is 1. The van der Waals surface area contributed by atoms with Crippen molar-refractivity contribution in [1.82, 2.24) is 0 Å². The molecule has 3 rings (SSSR count). The van der Waals surface area contributed by atoms with Gasteiger partial charge < -0.3 is 4.74 Å². The van der Waals surface area contributed by atoms with E-state index in [4.69, 9.17) is 16.3 Å². The van der Waals surface area contributed by atoms with Crippen molar-refractivity contribution in [1.29, 1.82) is 0 Å². The lowest BCUT2D eigenvalue weighted by Crippen LogP contribution is -2.42. The van der Waals surface area contributed by atoms with E-state index in [1.54, 1.807) is 0 Å². The first-order chi connectivity index (χ1) is 8.77. The third-order valence-corrected chi connectivity index (χ3v) is 6.79. The molecule has 3 fully saturated rings. The van der Waals surface area contributed by atoms with Crippen LogP contribution in [0.4, 0.5) is 0 Å². The SMILES string of the molecule is ClC1CCCCC(C2CCOC3(CCSC3)C2)C1. The van der Waals surface area contributed by atoms with E-state index in [2.05, 4.69) is 11.8 Å². The van der Waals surface area contributed by atoms with Crippen LogP contribution >= 0.6 is 23.4 Å². The molecule has 0 amide bonds. The van der Waals surface area contributed by atoms with E-state index in [1.807, 2.05) is 0 Å². The Bertz CT molecular complexity index is 278. The van der Waals surface area contributed by atoms with E-state index in [1.165, 1.54) is 62.9 Å². The number of ether oxygens (including phenoxy) is 1. The molecule has 1 spiro atoms. The van der Waals surface area contributed by atoms with Crippen molar-refractivity contribution in [2.24, 2.45) is 11.8 Å². The average molecular weight is 289 g/mol. The fourth-order valence-electron chi connectivity index (χ4n) is 4.10. The van der Waals surface area contributed by atoms with Crippen molar-refractivity contribution in [2.45, 2.75) is 62.3 Å². The standard InChI is InChI=1S/C15H25ClOS/c16-14-4-2-1-3-12(9-14)13-5-7-17-15(10-13)6-8-18-11-15/h12-14H,1-11H2. The average Bonchev–Trinajstić information content (AvgIpc) is 2.69. The predicted molar refractivity (Wildman–Crippen MR) is 79.6 cm³/mol. The van der Waals surface area contributed by atoms with Gasteiger partial charge in [0.1, 0.15) is 0 Å². The summed E-state index contributed by atoms with van der Waals surface area (Å²) in [6.07, 6.45) is 10.5. The molecule has 3 aliphatic rings. The first kappa shape index (κ1) is 13.6. The first-order valence-corrected chi connectivity index (χ1v) is 9.22. The van der Waals surface area contributed by atoms with Gasteiger partial charge in [-0.1, -0.05) is 19.3 Å². The minimum atomic E-state index is 0.252. The van der Waals surface area contributed by atoms with Crippen LogP contribution in [0.1, 0.15) is 51.4 Å². The topological polar surface area (TPSA) is 9.23 Å². The monoisotopic (exact) mass is 288 g/mol. The maximum absolute atomic E-state index is 6.45. The van der Waals surface area contributed by atoms with Gasteiger partial charge in [-0.15, -0.1) is 11.6 Å². The highest BCUT2D eigenvalue weighted by Gasteiger charge is 2.42. The zero-order valence-electron chi connectivity index (χ0n) is 11.2. The van der Waals surface area contributed by atoms with Crippen molar-refractivity contribution in [3.8, 4) is 0 Å².